The van der Waals surface area contributed by atoms with Gasteiger partial charge in [0.25, 0.3) is 0 Å². The van der Waals surface area contributed by atoms with E-state index in [9.17, 15) is 9.18 Å². The minimum atomic E-state index is -0.292. The molecule has 3 atom stereocenters. The lowest BCUT2D eigenvalue weighted by Gasteiger charge is -2.39. The lowest BCUT2D eigenvalue weighted by molar-refractivity contribution is 0.0948. The molecule has 4 rings (SSSR count). The molecule has 2 saturated heterocycles. The van der Waals surface area contributed by atoms with E-state index in [0.717, 1.165) is 13.0 Å². The second-order valence-electron chi connectivity index (χ2n) is 7.74. The molecule has 0 N–H and O–H groups in total. The summed E-state index contributed by atoms with van der Waals surface area (Å²) in [6.45, 7) is 1.00. The predicted octanol–water partition coefficient (Wildman–Crippen LogP) is 5.20. The molecule has 0 radical (unpaired) electrons. The molecule has 2 aromatic rings. The third kappa shape index (κ3) is 3.73. The molecule has 0 saturated carbocycles. The van der Waals surface area contributed by atoms with Crippen molar-refractivity contribution in [2.45, 2.75) is 56.5 Å². The number of fused-ring (bicyclic) bond motifs is 2. The van der Waals surface area contributed by atoms with Crippen LogP contribution in [0.25, 0.3) is 0 Å². The van der Waals surface area contributed by atoms with Gasteiger partial charge in [-0.25, -0.2) is 4.39 Å². The fraction of sp³-hybridized carbons (Fsp3) is 0.435. The molecule has 136 valence electrons. The normalized spacial score (nSPS) is 25.3. The number of Topliss-reactive ketones (excluding diaryl/α,β-unsaturated/α-hetero) is 1. The van der Waals surface area contributed by atoms with E-state index in [1.165, 1.54) is 43.4 Å². The number of nitrogens with zero attached hydrogens (tertiary/aromatic N) is 1. The molecule has 3 heteroatoms. The van der Waals surface area contributed by atoms with E-state index in [2.05, 4.69) is 35.2 Å². The van der Waals surface area contributed by atoms with Gasteiger partial charge < -0.3 is 0 Å². The number of carbonyl (C=O) groups is 1. The van der Waals surface area contributed by atoms with Gasteiger partial charge in [0, 0.05) is 24.1 Å². The number of ketones is 1. The van der Waals surface area contributed by atoms with Gasteiger partial charge in [0.05, 0.1) is 0 Å². The van der Waals surface area contributed by atoms with Crippen LogP contribution < -0.4 is 0 Å². The summed E-state index contributed by atoms with van der Waals surface area (Å²) in [5.74, 6) is 0.515. The van der Waals surface area contributed by atoms with Gasteiger partial charge in [-0.3, -0.25) is 9.69 Å². The quantitative estimate of drug-likeness (QED) is 0.667. The fourth-order valence-corrected chi connectivity index (χ4v) is 4.84. The number of hydrogen-bond acceptors (Lipinski definition) is 2. The van der Waals surface area contributed by atoms with E-state index in [1.807, 2.05) is 0 Å². The minimum Gasteiger partial charge on any atom is -0.297 e. The van der Waals surface area contributed by atoms with E-state index in [1.54, 1.807) is 12.1 Å². The first kappa shape index (κ1) is 17.4. The number of piperidine rings is 1. The molecule has 2 heterocycles. The summed E-state index contributed by atoms with van der Waals surface area (Å²) in [6.07, 6.45) is 6.50. The molecular formula is C23H26FNO. The monoisotopic (exact) mass is 351 g/mol. The van der Waals surface area contributed by atoms with Crippen molar-refractivity contribution in [1.29, 1.82) is 0 Å². The summed E-state index contributed by atoms with van der Waals surface area (Å²) in [5.41, 5.74) is 2.10. The van der Waals surface area contributed by atoms with E-state index in [4.69, 9.17) is 0 Å². The fourth-order valence-electron chi connectivity index (χ4n) is 4.84. The predicted molar refractivity (Wildman–Crippen MR) is 102 cm³/mol. The van der Waals surface area contributed by atoms with Crippen molar-refractivity contribution in [3.63, 3.8) is 0 Å². The first-order valence-electron chi connectivity index (χ1n) is 9.80. The Kier molecular flexibility index (Phi) is 5.16. The second kappa shape index (κ2) is 7.71. The van der Waals surface area contributed by atoms with Crippen molar-refractivity contribution in [3.8, 4) is 0 Å². The van der Waals surface area contributed by atoms with E-state index in [-0.39, 0.29) is 11.6 Å². The Balaban J connectivity index is 1.30. The van der Waals surface area contributed by atoms with Crippen molar-refractivity contribution in [2.24, 2.45) is 0 Å². The lowest BCUT2D eigenvalue weighted by Crippen LogP contribution is -2.42. The highest BCUT2D eigenvalue weighted by molar-refractivity contribution is 5.95. The molecular weight excluding hydrogens is 325 g/mol. The van der Waals surface area contributed by atoms with Crippen molar-refractivity contribution in [2.75, 3.05) is 6.54 Å². The van der Waals surface area contributed by atoms with Crippen LogP contribution in [0.4, 0.5) is 4.39 Å². The zero-order valence-electron chi connectivity index (χ0n) is 15.1. The van der Waals surface area contributed by atoms with Crippen molar-refractivity contribution < 1.29 is 9.18 Å². The Morgan fingerprint density at radius 3 is 2.27 bits per heavy atom. The summed E-state index contributed by atoms with van der Waals surface area (Å²) in [4.78, 5) is 14.9. The minimum absolute atomic E-state index is 0.122. The molecule has 0 aliphatic carbocycles. The zero-order valence-corrected chi connectivity index (χ0v) is 15.1. The highest BCUT2D eigenvalue weighted by atomic mass is 19.1. The highest BCUT2D eigenvalue weighted by Crippen LogP contribution is 2.43. The van der Waals surface area contributed by atoms with Crippen molar-refractivity contribution >= 4 is 5.78 Å². The summed E-state index contributed by atoms with van der Waals surface area (Å²) in [6, 6.07) is 18.1. The number of hydrogen-bond donors (Lipinski definition) is 0. The molecule has 2 aliphatic heterocycles. The molecule has 2 fully saturated rings. The Labute approximate surface area is 155 Å². The van der Waals surface area contributed by atoms with Crippen molar-refractivity contribution in [3.05, 3.63) is 71.5 Å². The van der Waals surface area contributed by atoms with Crippen LogP contribution in [0.5, 0.6) is 0 Å². The average molecular weight is 351 g/mol. The number of halogens is 1. The topological polar surface area (TPSA) is 20.3 Å². The molecule has 2 bridgehead atoms. The Morgan fingerprint density at radius 2 is 1.62 bits per heavy atom. The maximum atomic E-state index is 13.0. The Bertz CT molecular complexity index is 729. The van der Waals surface area contributed by atoms with Crippen LogP contribution in [0.3, 0.4) is 0 Å². The largest absolute Gasteiger partial charge is 0.297 e. The maximum absolute atomic E-state index is 13.0. The molecule has 0 amide bonds. The third-order valence-corrected chi connectivity index (χ3v) is 6.14. The van der Waals surface area contributed by atoms with Crippen LogP contribution in [0.1, 0.15) is 60.4 Å². The summed E-state index contributed by atoms with van der Waals surface area (Å²) in [7, 11) is 0. The zero-order chi connectivity index (χ0) is 17.9. The summed E-state index contributed by atoms with van der Waals surface area (Å²) in [5, 5.41) is 0. The van der Waals surface area contributed by atoms with Gasteiger partial charge in [0.1, 0.15) is 5.82 Å². The molecule has 26 heavy (non-hydrogen) atoms. The van der Waals surface area contributed by atoms with Gasteiger partial charge in [-0.1, -0.05) is 30.3 Å². The van der Waals surface area contributed by atoms with Crippen LogP contribution >= 0.6 is 0 Å². The van der Waals surface area contributed by atoms with E-state index >= 15 is 0 Å². The van der Waals surface area contributed by atoms with Crippen LogP contribution in [0, 0.1) is 5.82 Å². The Hall–Kier alpha value is -2.00. The molecule has 2 aliphatic rings. The van der Waals surface area contributed by atoms with Gasteiger partial charge in [0.2, 0.25) is 0 Å². The smallest absolute Gasteiger partial charge is 0.162 e. The Morgan fingerprint density at radius 1 is 0.962 bits per heavy atom. The number of benzene rings is 2. The van der Waals surface area contributed by atoms with Crippen LogP contribution in [-0.2, 0) is 0 Å². The molecule has 2 aromatic carbocycles. The lowest BCUT2D eigenvalue weighted by atomic mass is 9.85. The highest BCUT2D eigenvalue weighted by Gasteiger charge is 2.40. The maximum Gasteiger partial charge on any atom is 0.162 e. The molecule has 1 unspecified atom stereocenters. The van der Waals surface area contributed by atoms with Crippen LogP contribution in [0.2, 0.25) is 0 Å². The number of rotatable bonds is 6. The first-order valence-corrected chi connectivity index (χ1v) is 9.80. The molecule has 0 spiro atoms. The van der Waals surface area contributed by atoms with E-state index in [0.29, 0.717) is 30.0 Å². The van der Waals surface area contributed by atoms with Gasteiger partial charge in [-0.2, -0.15) is 0 Å². The first-order chi connectivity index (χ1) is 12.7. The van der Waals surface area contributed by atoms with Gasteiger partial charge in [-0.05, 0) is 74.4 Å². The average Bonchev–Trinajstić information content (AvgIpc) is 2.90. The van der Waals surface area contributed by atoms with E-state index < -0.39 is 0 Å². The van der Waals surface area contributed by atoms with Gasteiger partial charge >= 0.3 is 0 Å². The third-order valence-electron chi connectivity index (χ3n) is 6.14. The number of carbonyl (C=O) groups excluding carboxylic acids is 1. The van der Waals surface area contributed by atoms with Crippen LogP contribution in [-0.4, -0.2) is 29.3 Å². The van der Waals surface area contributed by atoms with Gasteiger partial charge in [-0.15, -0.1) is 0 Å². The summed E-state index contributed by atoms with van der Waals surface area (Å²) < 4.78 is 13.0. The van der Waals surface area contributed by atoms with Crippen LogP contribution in [0.15, 0.2) is 54.6 Å². The van der Waals surface area contributed by atoms with Gasteiger partial charge in [0.15, 0.2) is 5.78 Å². The second-order valence-corrected chi connectivity index (χ2v) is 7.74. The summed E-state index contributed by atoms with van der Waals surface area (Å²) >= 11 is 0. The standard InChI is InChI=1S/C23H26FNO/c24-20-10-8-18(9-11-20)23(26)7-4-14-25-21-12-13-22(25)16-19(15-21)17-5-2-1-3-6-17/h1-3,5-6,8-11,19,21-22H,4,7,12-16H2/t19?,21-,22+. The molecule has 0 aromatic heterocycles. The SMILES string of the molecule is O=C(CCCN1[C@@H]2CC[C@H]1CC(c1ccccc1)C2)c1ccc(F)cc1. The van der Waals surface area contributed by atoms with Crippen molar-refractivity contribution in [1.82, 2.24) is 4.90 Å². The molecule has 2 nitrogen and oxygen atoms in total.